The van der Waals surface area contributed by atoms with E-state index in [4.69, 9.17) is 10.7 Å². The Morgan fingerprint density at radius 1 is 1.35 bits per heavy atom. The molecule has 1 unspecified atom stereocenters. The molecule has 0 fully saturated rings. The lowest BCUT2D eigenvalue weighted by molar-refractivity contribution is 0.504. The minimum Gasteiger partial charge on any atom is -0.330 e. The van der Waals surface area contributed by atoms with Crippen LogP contribution < -0.4 is 5.73 Å². The smallest absolute Gasteiger partial charge is 0.0979 e. The Bertz CT molecular complexity index is 490. The molecule has 2 heterocycles. The fourth-order valence-electron chi connectivity index (χ4n) is 1.68. The second-order valence-electron chi connectivity index (χ2n) is 4.29. The van der Waals surface area contributed by atoms with E-state index in [0.29, 0.717) is 18.4 Å². The van der Waals surface area contributed by atoms with E-state index in [9.17, 15) is 0 Å². The van der Waals surface area contributed by atoms with Crippen LogP contribution in [0, 0.1) is 5.92 Å². The van der Waals surface area contributed by atoms with E-state index in [1.54, 1.807) is 22.7 Å². The Hall–Kier alpha value is -0.230. The van der Waals surface area contributed by atoms with Gasteiger partial charge in [0.1, 0.15) is 0 Å². The van der Waals surface area contributed by atoms with Crippen molar-refractivity contribution in [2.75, 3.05) is 6.54 Å². The number of hydrogen-bond acceptors (Lipinski definition) is 4. The molecule has 5 heteroatoms. The third-order valence-corrected chi connectivity index (χ3v) is 5.41. The van der Waals surface area contributed by atoms with Crippen LogP contribution in [0.1, 0.15) is 24.8 Å². The highest BCUT2D eigenvalue weighted by molar-refractivity contribution is 9.10. The first-order chi connectivity index (χ1) is 8.11. The molecule has 0 aliphatic heterocycles. The normalized spacial score (nSPS) is 13.2. The summed E-state index contributed by atoms with van der Waals surface area (Å²) in [6, 6.07) is 2.11. The molecule has 2 nitrogen and oxygen atoms in total. The van der Waals surface area contributed by atoms with Gasteiger partial charge < -0.3 is 5.73 Å². The molecule has 0 amide bonds. The fourth-order valence-corrected chi connectivity index (χ4v) is 4.25. The molecule has 2 N–H and O–H groups in total. The van der Waals surface area contributed by atoms with Crippen molar-refractivity contribution >= 4 is 38.6 Å². The SMILES string of the molecule is CC(C)C(CN)c1nc(-c2cc(Br)cs2)cs1. The summed E-state index contributed by atoms with van der Waals surface area (Å²) in [6.07, 6.45) is 0. The molecule has 1 atom stereocenters. The van der Waals surface area contributed by atoms with Crippen molar-refractivity contribution in [3.05, 3.63) is 26.3 Å². The highest BCUT2D eigenvalue weighted by Gasteiger charge is 2.18. The van der Waals surface area contributed by atoms with Gasteiger partial charge in [0.05, 0.1) is 15.6 Å². The average molecular weight is 331 g/mol. The summed E-state index contributed by atoms with van der Waals surface area (Å²) < 4.78 is 1.12. The largest absolute Gasteiger partial charge is 0.330 e. The molecular weight excluding hydrogens is 316 g/mol. The second kappa shape index (κ2) is 5.61. The number of thiazole rings is 1. The van der Waals surface area contributed by atoms with Crippen molar-refractivity contribution in [3.63, 3.8) is 0 Å². The summed E-state index contributed by atoms with van der Waals surface area (Å²) in [6.45, 7) is 5.05. The quantitative estimate of drug-likeness (QED) is 0.905. The van der Waals surface area contributed by atoms with Crippen LogP contribution in [0.15, 0.2) is 21.3 Å². The van der Waals surface area contributed by atoms with Gasteiger partial charge in [0.2, 0.25) is 0 Å². The maximum Gasteiger partial charge on any atom is 0.0979 e. The van der Waals surface area contributed by atoms with E-state index in [1.807, 2.05) is 0 Å². The van der Waals surface area contributed by atoms with E-state index in [0.717, 1.165) is 15.2 Å². The summed E-state index contributed by atoms with van der Waals surface area (Å²) in [7, 11) is 0. The zero-order valence-electron chi connectivity index (χ0n) is 9.81. The zero-order valence-corrected chi connectivity index (χ0v) is 13.0. The van der Waals surface area contributed by atoms with Crippen LogP contribution in [-0.4, -0.2) is 11.5 Å². The summed E-state index contributed by atoms with van der Waals surface area (Å²) in [5.74, 6) is 0.909. The Kier molecular flexibility index (Phi) is 4.36. The van der Waals surface area contributed by atoms with Crippen molar-refractivity contribution in [1.29, 1.82) is 0 Å². The van der Waals surface area contributed by atoms with Gasteiger partial charge in [-0.3, -0.25) is 0 Å². The summed E-state index contributed by atoms with van der Waals surface area (Å²) in [4.78, 5) is 5.92. The van der Waals surface area contributed by atoms with E-state index >= 15 is 0 Å². The predicted octanol–water partition coefficient (Wildman–Crippen LogP) is 4.33. The maximum atomic E-state index is 5.82. The zero-order chi connectivity index (χ0) is 12.4. The van der Waals surface area contributed by atoms with Crippen molar-refractivity contribution in [1.82, 2.24) is 4.98 Å². The van der Waals surface area contributed by atoms with Gasteiger partial charge in [-0.1, -0.05) is 13.8 Å². The molecular formula is C12H15BrN2S2. The average Bonchev–Trinajstić information content (AvgIpc) is 2.87. The monoisotopic (exact) mass is 330 g/mol. The van der Waals surface area contributed by atoms with Crippen LogP contribution in [0.25, 0.3) is 10.6 Å². The molecule has 17 heavy (non-hydrogen) atoms. The van der Waals surface area contributed by atoms with Gasteiger partial charge in [-0.25, -0.2) is 4.98 Å². The lowest BCUT2D eigenvalue weighted by Gasteiger charge is -2.15. The molecule has 0 aliphatic rings. The third kappa shape index (κ3) is 2.96. The highest BCUT2D eigenvalue weighted by Crippen LogP contribution is 2.33. The van der Waals surface area contributed by atoms with Crippen LogP contribution in [0.4, 0.5) is 0 Å². The van der Waals surface area contributed by atoms with Crippen LogP contribution >= 0.6 is 38.6 Å². The van der Waals surface area contributed by atoms with Crippen LogP contribution in [0.5, 0.6) is 0 Å². The molecule has 0 radical (unpaired) electrons. The molecule has 0 aromatic carbocycles. The van der Waals surface area contributed by atoms with E-state index in [1.165, 1.54) is 4.88 Å². The summed E-state index contributed by atoms with van der Waals surface area (Å²) in [5.41, 5.74) is 6.89. The van der Waals surface area contributed by atoms with E-state index < -0.39 is 0 Å². The summed E-state index contributed by atoms with van der Waals surface area (Å²) in [5, 5.41) is 5.36. The minimum atomic E-state index is 0.372. The standard InChI is InChI=1S/C12H15BrN2S2/c1-7(2)9(4-14)12-15-10(6-17-12)11-3-8(13)5-16-11/h3,5-7,9H,4,14H2,1-2H3. The van der Waals surface area contributed by atoms with Gasteiger partial charge in [0, 0.05) is 27.7 Å². The fraction of sp³-hybridized carbons (Fsp3) is 0.417. The maximum absolute atomic E-state index is 5.82. The molecule has 92 valence electrons. The number of thiophene rings is 1. The van der Waals surface area contributed by atoms with Gasteiger partial charge in [-0.05, 0) is 27.9 Å². The second-order valence-corrected chi connectivity index (χ2v) is 7.00. The van der Waals surface area contributed by atoms with Gasteiger partial charge in [-0.15, -0.1) is 22.7 Å². The lowest BCUT2D eigenvalue weighted by Crippen LogP contribution is -2.17. The number of nitrogens with zero attached hydrogens (tertiary/aromatic N) is 1. The molecule has 0 saturated carbocycles. The van der Waals surface area contributed by atoms with E-state index in [-0.39, 0.29) is 0 Å². The van der Waals surface area contributed by atoms with Gasteiger partial charge >= 0.3 is 0 Å². The number of halogens is 1. The first kappa shape index (κ1) is 13.2. The topological polar surface area (TPSA) is 38.9 Å². The molecule has 0 bridgehead atoms. The van der Waals surface area contributed by atoms with Gasteiger partial charge in [0.15, 0.2) is 0 Å². The minimum absolute atomic E-state index is 0.372. The first-order valence-corrected chi connectivity index (χ1v) is 8.07. The van der Waals surface area contributed by atoms with Crippen LogP contribution in [-0.2, 0) is 0 Å². The predicted molar refractivity (Wildman–Crippen MR) is 79.8 cm³/mol. The Labute approximate surface area is 118 Å². The molecule has 2 aromatic heterocycles. The van der Waals surface area contributed by atoms with E-state index in [2.05, 4.69) is 46.6 Å². The molecule has 2 rings (SSSR count). The number of nitrogens with two attached hydrogens (primary N) is 1. The molecule has 0 spiro atoms. The summed E-state index contributed by atoms with van der Waals surface area (Å²) >= 11 is 6.89. The number of aromatic nitrogens is 1. The van der Waals surface area contributed by atoms with Crippen molar-refractivity contribution < 1.29 is 0 Å². The molecule has 0 saturated heterocycles. The molecule has 0 aliphatic carbocycles. The van der Waals surface area contributed by atoms with Gasteiger partial charge in [-0.2, -0.15) is 0 Å². The Morgan fingerprint density at radius 2 is 2.12 bits per heavy atom. The number of hydrogen-bond donors (Lipinski definition) is 1. The first-order valence-electron chi connectivity index (χ1n) is 5.51. The Balaban J connectivity index is 2.26. The van der Waals surface area contributed by atoms with Crippen molar-refractivity contribution in [2.24, 2.45) is 11.7 Å². The van der Waals surface area contributed by atoms with Crippen molar-refractivity contribution in [2.45, 2.75) is 19.8 Å². The highest BCUT2D eigenvalue weighted by atomic mass is 79.9. The third-order valence-electron chi connectivity index (χ3n) is 2.72. The van der Waals surface area contributed by atoms with Gasteiger partial charge in [0.25, 0.3) is 0 Å². The van der Waals surface area contributed by atoms with Crippen molar-refractivity contribution in [3.8, 4) is 10.6 Å². The van der Waals surface area contributed by atoms with Crippen LogP contribution in [0.3, 0.4) is 0 Å². The van der Waals surface area contributed by atoms with Crippen LogP contribution in [0.2, 0.25) is 0 Å². The lowest BCUT2D eigenvalue weighted by atomic mass is 9.97. The molecule has 2 aromatic rings. The number of rotatable bonds is 4. The Morgan fingerprint density at radius 3 is 2.65 bits per heavy atom.